The van der Waals surface area contributed by atoms with Gasteiger partial charge in [0.2, 0.25) is 0 Å². The number of carbonyl (C=O) groups excluding carboxylic acids is 1. The summed E-state index contributed by atoms with van der Waals surface area (Å²) in [7, 11) is -7.23. The molecule has 0 aliphatic carbocycles. The molecule has 146 valence electrons. The molecule has 3 aromatic rings. The lowest BCUT2D eigenvalue weighted by atomic mass is 10.2. The van der Waals surface area contributed by atoms with Crippen LogP contribution in [-0.4, -0.2) is 24.9 Å². The first kappa shape index (κ1) is 20.5. The van der Waals surface area contributed by atoms with E-state index in [9.17, 15) is 17.4 Å². The standard InChI is InChI=1S/C18H14ClNO5S3/c1-27(22,20-28(23,24)17-3-2-12-26-17)16-10-8-15(9-11-16)25-18(21)13-4-6-14(19)7-5-13/h2-12H,1H3/t27-/m1/s1. The Bertz CT molecular complexity index is 1210. The minimum atomic E-state index is -4.02. The maximum absolute atomic E-state index is 12.8. The van der Waals surface area contributed by atoms with Crippen molar-refractivity contribution in [1.82, 2.24) is 0 Å². The van der Waals surface area contributed by atoms with E-state index in [-0.39, 0.29) is 14.9 Å². The number of hydrogen-bond donors (Lipinski definition) is 0. The number of sulfonamides is 1. The Morgan fingerprint density at radius 3 is 2.21 bits per heavy atom. The van der Waals surface area contributed by atoms with Gasteiger partial charge < -0.3 is 4.74 Å². The molecular formula is C18H14ClNO5S3. The number of ether oxygens (including phenoxy) is 1. The van der Waals surface area contributed by atoms with E-state index in [1.54, 1.807) is 23.6 Å². The number of halogens is 1. The predicted octanol–water partition coefficient (Wildman–Crippen LogP) is 4.47. The first-order chi connectivity index (χ1) is 13.2. The first-order valence-electron chi connectivity index (χ1n) is 7.77. The molecule has 0 N–H and O–H groups in total. The van der Waals surface area contributed by atoms with Crippen molar-refractivity contribution >= 4 is 48.7 Å². The second kappa shape index (κ2) is 8.04. The molecule has 28 heavy (non-hydrogen) atoms. The van der Waals surface area contributed by atoms with Crippen molar-refractivity contribution < 1.29 is 22.2 Å². The Balaban J connectivity index is 1.82. The number of carbonyl (C=O) groups is 1. The molecule has 10 heteroatoms. The first-order valence-corrected chi connectivity index (χ1v) is 12.4. The van der Waals surface area contributed by atoms with Gasteiger partial charge in [-0.3, -0.25) is 0 Å². The van der Waals surface area contributed by atoms with Gasteiger partial charge in [-0.1, -0.05) is 17.7 Å². The highest BCUT2D eigenvalue weighted by atomic mass is 35.5. The van der Waals surface area contributed by atoms with Crippen LogP contribution in [-0.2, 0) is 19.8 Å². The molecule has 0 aliphatic rings. The lowest BCUT2D eigenvalue weighted by molar-refractivity contribution is 0.0734. The lowest BCUT2D eigenvalue weighted by Crippen LogP contribution is -2.08. The Morgan fingerprint density at radius 1 is 1.00 bits per heavy atom. The SMILES string of the molecule is C[S@](=O)(=NS(=O)(=O)c1cccs1)c1ccc(OC(=O)c2ccc(Cl)cc2)cc1. The van der Waals surface area contributed by atoms with Gasteiger partial charge in [-0.25, -0.2) is 9.00 Å². The summed E-state index contributed by atoms with van der Waals surface area (Å²) in [5.41, 5.74) is 0.324. The van der Waals surface area contributed by atoms with Crippen molar-refractivity contribution in [1.29, 1.82) is 0 Å². The maximum Gasteiger partial charge on any atom is 0.343 e. The summed E-state index contributed by atoms with van der Waals surface area (Å²) in [5.74, 6) is -0.355. The van der Waals surface area contributed by atoms with E-state index in [2.05, 4.69) is 3.77 Å². The Hall–Kier alpha value is -2.20. The highest BCUT2D eigenvalue weighted by Crippen LogP contribution is 2.24. The van der Waals surface area contributed by atoms with Crippen LogP contribution in [0.2, 0.25) is 5.02 Å². The number of esters is 1. The van der Waals surface area contributed by atoms with Crippen LogP contribution in [0.15, 0.2) is 78.9 Å². The molecule has 6 nitrogen and oxygen atoms in total. The molecule has 1 heterocycles. The van der Waals surface area contributed by atoms with E-state index >= 15 is 0 Å². The molecule has 1 atom stereocenters. The van der Waals surface area contributed by atoms with Crippen LogP contribution in [0.25, 0.3) is 0 Å². The van der Waals surface area contributed by atoms with Gasteiger partial charge in [0.15, 0.2) is 0 Å². The average Bonchev–Trinajstić information content (AvgIpc) is 3.17. The van der Waals surface area contributed by atoms with Gasteiger partial charge in [-0.15, -0.1) is 15.1 Å². The number of nitrogens with zero attached hydrogens (tertiary/aromatic N) is 1. The molecular weight excluding hydrogens is 442 g/mol. The summed E-state index contributed by atoms with van der Waals surface area (Å²) < 4.78 is 46.2. The molecule has 0 saturated heterocycles. The molecule has 1 aromatic heterocycles. The van der Waals surface area contributed by atoms with Crippen LogP contribution in [0, 0.1) is 0 Å². The van der Waals surface area contributed by atoms with Crippen LogP contribution < -0.4 is 4.74 Å². The van der Waals surface area contributed by atoms with Gasteiger partial charge in [0.1, 0.15) is 9.96 Å². The van der Waals surface area contributed by atoms with Crippen molar-refractivity contribution in [2.75, 3.05) is 6.26 Å². The van der Waals surface area contributed by atoms with Crippen LogP contribution in [0.5, 0.6) is 5.75 Å². The third kappa shape index (κ3) is 4.79. The number of hydrogen-bond acceptors (Lipinski definition) is 6. The average molecular weight is 456 g/mol. The fourth-order valence-corrected chi connectivity index (χ4v) is 6.72. The van der Waals surface area contributed by atoms with Crippen LogP contribution in [0.3, 0.4) is 0 Å². The molecule has 0 bridgehead atoms. The molecule has 3 rings (SSSR count). The molecule has 0 amide bonds. The Labute approximate surface area is 172 Å². The number of rotatable bonds is 5. The third-order valence-corrected chi connectivity index (χ3v) is 9.09. The molecule has 0 radical (unpaired) electrons. The van der Waals surface area contributed by atoms with Gasteiger partial charge in [0.25, 0.3) is 10.0 Å². The highest BCUT2D eigenvalue weighted by molar-refractivity contribution is 8.03. The monoisotopic (exact) mass is 455 g/mol. The molecule has 0 fully saturated rings. The summed E-state index contributed by atoms with van der Waals surface area (Å²) in [6.45, 7) is 0. The van der Waals surface area contributed by atoms with Crippen LogP contribution >= 0.6 is 22.9 Å². The normalized spacial score (nSPS) is 13.5. The molecule has 2 aromatic carbocycles. The summed E-state index contributed by atoms with van der Waals surface area (Å²) in [5, 5.41) is 2.10. The summed E-state index contributed by atoms with van der Waals surface area (Å²) in [6, 6.07) is 14.9. The van der Waals surface area contributed by atoms with E-state index in [0.717, 1.165) is 11.3 Å². The van der Waals surface area contributed by atoms with Crippen molar-refractivity contribution in [3.63, 3.8) is 0 Å². The number of benzene rings is 2. The van der Waals surface area contributed by atoms with Crippen molar-refractivity contribution in [3.05, 3.63) is 76.6 Å². The predicted molar refractivity (Wildman–Crippen MR) is 109 cm³/mol. The maximum atomic E-state index is 12.8. The van der Waals surface area contributed by atoms with E-state index in [1.807, 2.05) is 0 Å². The zero-order valence-electron chi connectivity index (χ0n) is 14.4. The minimum Gasteiger partial charge on any atom is -0.423 e. The summed E-state index contributed by atoms with van der Waals surface area (Å²) >= 11 is 6.79. The summed E-state index contributed by atoms with van der Waals surface area (Å²) in [6.07, 6.45) is 1.24. The van der Waals surface area contributed by atoms with Gasteiger partial charge >= 0.3 is 5.97 Å². The highest BCUT2D eigenvalue weighted by Gasteiger charge is 2.18. The van der Waals surface area contributed by atoms with E-state index in [0.29, 0.717) is 10.6 Å². The van der Waals surface area contributed by atoms with Crippen molar-refractivity contribution in [2.24, 2.45) is 3.77 Å². The van der Waals surface area contributed by atoms with Gasteiger partial charge in [0, 0.05) is 16.2 Å². The molecule has 0 unspecified atom stereocenters. The Kier molecular flexibility index (Phi) is 5.90. The van der Waals surface area contributed by atoms with Gasteiger partial charge in [-0.05, 0) is 60.0 Å². The zero-order valence-corrected chi connectivity index (χ0v) is 17.6. The minimum absolute atomic E-state index is 0.0237. The zero-order chi connectivity index (χ0) is 20.4. The second-order valence-electron chi connectivity index (χ2n) is 5.65. The fraction of sp³-hybridized carbons (Fsp3) is 0.0556. The third-order valence-electron chi connectivity index (χ3n) is 3.54. The molecule has 0 saturated carbocycles. The molecule has 0 aliphatic heterocycles. The summed E-state index contributed by atoms with van der Waals surface area (Å²) in [4.78, 5) is 12.3. The van der Waals surface area contributed by atoms with E-state index in [4.69, 9.17) is 16.3 Å². The lowest BCUT2D eigenvalue weighted by Gasteiger charge is -2.07. The topological polar surface area (TPSA) is 89.9 Å². The largest absolute Gasteiger partial charge is 0.423 e. The van der Waals surface area contributed by atoms with Crippen LogP contribution in [0.1, 0.15) is 10.4 Å². The quantitative estimate of drug-likeness (QED) is 0.418. The fourth-order valence-electron chi connectivity index (χ4n) is 2.19. The van der Waals surface area contributed by atoms with Crippen molar-refractivity contribution in [2.45, 2.75) is 9.10 Å². The van der Waals surface area contributed by atoms with E-state index < -0.39 is 25.7 Å². The number of thiophene rings is 1. The van der Waals surface area contributed by atoms with Gasteiger partial charge in [0.05, 0.1) is 15.3 Å². The van der Waals surface area contributed by atoms with E-state index in [1.165, 1.54) is 48.7 Å². The Morgan fingerprint density at radius 2 is 1.64 bits per heavy atom. The van der Waals surface area contributed by atoms with Crippen molar-refractivity contribution in [3.8, 4) is 5.75 Å². The van der Waals surface area contributed by atoms with Gasteiger partial charge in [-0.2, -0.15) is 8.42 Å². The van der Waals surface area contributed by atoms with Crippen LogP contribution in [0.4, 0.5) is 0 Å². The second-order valence-corrected chi connectivity index (χ2v) is 11.4. The smallest absolute Gasteiger partial charge is 0.343 e. The molecule has 0 spiro atoms.